The molecule has 1 unspecified atom stereocenters. The third-order valence-electron chi connectivity index (χ3n) is 4.17. The molecule has 1 aliphatic rings. The Kier molecular flexibility index (Phi) is 5.49. The molecule has 1 aliphatic heterocycles. The van der Waals surface area contributed by atoms with E-state index < -0.39 is 11.9 Å². The van der Waals surface area contributed by atoms with Gasteiger partial charge in [0.1, 0.15) is 17.4 Å². The molecule has 27 heavy (non-hydrogen) atoms. The summed E-state index contributed by atoms with van der Waals surface area (Å²) in [6.45, 7) is 1.89. The van der Waals surface area contributed by atoms with Gasteiger partial charge in [0.15, 0.2) is 0 Å². The molecule has 0 fully saturated rings. The van der Waals surface area contributed by atoms with Crippen molar-refractivity contribution < 1.29 is 14.3 Å². The molecular formula is C21H17ClN2O3. The number of rotatable bonds is 4. The van der Waals surface area contributed by atoms with Crippen LogP contribution >= 0.6 is 11.6 Å². The first kappa shape index (κ1) is 18.6. The van der Waals surface area contributed by atoms with E-state index in [0.29, 0.717) is 16.1 Å². The Labute approximate surface area is 162 Å². The van der Waals surface area contributed by atoms with Gasteiger partial charge in [-0.15, -0.1) is 0 Å². The average molecular weight is 381 g/mol. The van der Waals surface area contributed by atoms with Crippen LogP contribution in [0, 0.1) is 11.3 Å². The van der Waals surface area contributed by atoms with Crippen LogP contribution in [0.25, 0.3) is 5.76 Å². The van der Waals surface area contributed by atoms with E-state index in [1.54, 1.807) is 43.3 Å². The third kappa shape index (κ3) is 3.53. The van der Waals surface area contributed by atoms with Crippen molar-refractivity contribution in [3.63, 3.8) is 0 Å². The maximum absolute atomic E-state index is 12.9. The number of carbonyl (C=O) groups excluding carboxylic acids is 1. The van der Waals surface area contributed by atoms with Crippen molar-refractivity contribution >= 4 is 23.3 Å². The Morgan fingerprint density at radius 3 is 2.52 bits per heavy atom. The van der Waals surface area contributed by atoms with Gasteiger partial charge in [-0.1, -0.05) is 60.1 Å². The monoisotopic (exact) mass is 380 g/mol. The molecule has 2 N–H and O–H groups in total. The van der Waals surface area contributed by atoms with Gasteiger partial charge in [-0.3, -0.25) is 0 Å². The summed E-state index contributed by atoms with van der Waals surface area (Å²) in [4.78, 5) is 12.9. The number of nitrogens with zero attached hydrogens (tertiary/aromatic N) is 1. The van der Waals surface area contributed by atoms with Crippen LogP contribution in [0.2, 0.25) is 5.02 Å². The largest absolute Gasteiger partial charge is 0.463 e. The predicted molar refractivity (Wildman–Crippen MR) is 102 cm³/mol. The number of hydrogen-bond donors (Lipinski definition) is 1. The van der Waals surface area contributed by atoms with Crippen LogP contribution in [0.4, 0.5) is 0 Å². The molecule has 1 heterocycles. The van der Waals surface area contributed by atoms with Gasteiger partial charge in [-0.25, -0.2) is 4.79 Å². The van der Waals surface area contributed by atoms with Crippen LogP contribution in [-0.2, 0) is 14.3 Å². The number of ether oxygens (including phenoxy) is 2. The summed E-state index contributed by atoms with van der Waals surface area (Å²) in [5.74, 6) is -1.17. The summed E-state index contributed by atoms with van der Waals surface area (Å²) < 4.78 is 11.0. The smallest absolute Gasteiger partial charge is 0.338 e. The van der Waals surface area contributed by atoms with Gasteiger partial charge in [0.2, 0.25) is 5.88 Å². The zero-order chi connectivity index (χ0) is 19.4. The third-order valence-corrected chi connectivity index (χ3v) is 4.51. The maximum Gasteiger partial charge on any atom is 0.338 e. The van der Waals surface area contributed by atoms with Crippen molar-refractivity contribution in [1.29, 1.82) is 5.26 Å². The van der Waals surface area contributed by atoms with E-state index in [2.05, 4.69) is 6.07 Å². The highest BCUT2D eigenvalue weighted by Crippen LogP contribution is 2.44. The summed E-state index contributed by atoms with van der Waals surface area (Å²) in [7, 11) is 0. The molecule has 5 nitrogen and oxygen atoms in total. The Bertz CT molecular complexity index is 974. The van der Waals surface area contributed by atoms with Gasteiger partial charge < -0.3 is 15.2 Å². The fraction of sp³-hybridized carbons (Fsp3) is 0.143. The molecule has 0 aromatic heterocycles. The maximum atomic E-state index is 12.9. The first-order valence-corrected chi connectivity index (χ1v) is 8.75. The zero-order valence-corrected chi connectivity index (χ0v) is 15.4. The fourth-order valence-electron chi connectivity index (χ4n) is 3.00. The predicted octanol–water partition coefficient (Wildman–Crippen LogP) is 4.12. The molecule has 0 aliphatic carbocycles. The minimum absolute atomic E-state index is 0.0608. The molecule has 1 atom stereocenters. The van der Waals surface area contributed by atoms with Crippen LogP contribution < -0.4 is 5.73 Å². The van der Waals surface area contributed by atoms with Gasteiger partial charge in [0, 0.05) is 10.6 Å². The van der Waals surface area contributed by atoms with Crippen molar-refractivity contribution in [3.8, 4) is 6.07 Å². The van der Waals surface area contributed by atoms with Crippen LogP contribution in [0.5, 0.6) is 0 Å². The lowest BCUT2D eigenvalue weighted by Gasteiger charge is -2.28. The summed E-state index contributed by atoms with van der Waals surface area (Å²) in [5.41, 5.74) is 7.58. The summed E-state index contributed by atoms with van der Waals surface area (Å²) in [6.07, 6.45) is 0. The van der Waals surface area contributed by atoms with Crippen molar-refractivity contribution in [2.24, 2.45) is 5.73 Å². The molecule has 136 valence electrons. The zero-order valence-electron chi connectivity index (χ0n) is 14.6. The Morgan fingerprint density at radius 2 is 1.89 bits per heavy atom. The van der Waals surface area contributed by atoms with Crippen molar-refractivity contribution in [2.45, 2.75) is 12.8 Å². The lowest BCUT2D eigenvalue weighted by molar-refractivity contribution is -0.138. The first-order chi connectivity index (χ1) is 13.1. The highest BCUT2D eigenvalue weighted by Gasteiger charge is 2.38. The Morgan fingerprint density at radius 1 is 1.22 bits per heavy atom. The summed E-state index contributed by atoms with van der Waals surface area (Å²) in [6, 6.07) is 18.1. The highest BCUT2D eigenvalue weighted by molar-refractivity contribution is 6.31. The Hall–Kier alpha value is -3.23. The number of carbonyl (C=O) groups is 1. The molecule has 0 bridgehead atoms. The van der Waals surface area contributed by atoms with E-state index in [4.69, 9.17) is 26.8 Å². The molecule has 2 aromatic carbocycles. The van der Waals surface area contributed by atoms with E-state index in [9.17, 15) is 10.1 Å². The second-order valence-electron chi connectivity index (χ2n) is 5.78. The van der Waals surface area contributed by atoms with Crippen LogP contribution in [-0.4, -0.2) is 12.6 Å². The summed E-state index contributed by atoms with van der Waals surface area (Å²) >= 11 is 6.38. The SMILES string of the molecule is CCOC(=O)C1=C(c2ccccc2)OC(N)=C(C#N)C1c1ccccc1Cl. The van der Waals surface area contributed by atoms with Gasteiger partial charge in [-0.2, -0.15) is 5.26 Å². The number of benzene rings is 2. The normalized spacial score (nSPS) is 16.6. The number of nitriles is 1. The molecular weight excluding hydrogens is 364 g/mol. The van der Waals surface area contributed by atoms with Gasteiger partial charge in [0.05, 0.1) is 18.1 Å². The number of hydrogen-bond acceptors (Lipinski definition) is 5. The number of halogens is 1. The molecule has 6 heteroatoms. The van der Waals surface area contributed by atoms with Crippen molar-refractivity contribution in [2.75, 3.05) is 6.61 Å². The molecule has 3 rings (SSSR count). The van der Waals surface area contributed by atoms with Crippen LogP contribution in [0.3, 0.4) is 0 Å². The Balaban J connectivity index is 2.31. The minimum atomic E-state index is -0.785. The van der Waals surface area contributed by atoms with E-state index in [-0.39, 0.29) is 29.4 Å². The summed E-state index contributed by atoms with van der Waals surface area (Å²) in [5, 5.41) is 10.1. The quantitative estimate of drug-likeness (QED) is 0.806. The van der Waals surface area contributed by atoms with Crippen molar-refractivity contribution in [3.05, 3.63) is 87.8 Å². The van der Waals surface area contributed by atoms with Gasteiger partial charge in [-0.05, 0) is 18.6 Å². The molecule has 0 radical (unpaired) electrons. The molecule has 0 saturated carbocycles. The van der Waals surface area contributed by atoms with Crippen LogP contribution in [0.15, 0.2) is 71.6 Å². The van der Waals surface area contributed by atoms with E-state index in [0.717, 1.165) is 0 Å². The van der Waals surface area contributed by atoms with E-state index >= 15 is 0 Å². The molecule has 0 amide bonds. The van der Waals surface area contributed by atoms with E-state index in [1.807, 2.05) is 18.2 Å². The lowest BCUT2D eigenvalue weighted by Crippen LogP contribution is -2.26. The second-order valence-corrected chi connectivity index (χ2v) is 6.18. The second kappa shape index (κ2) is 7.98. The fourth-order valence-corrected chi connectivity index (χ4v) is 3.25. The minimum Gasteiger partial charge on any atom is -0.463 e. The van der Waals surface area contributed by atoms with Crippen LogP contribution in [0.1, 0.15) is 24.0 Å². The average Bonchev–Trinajstić information content (AvgIpc) is 2.68. The molecule has 0 saturated heterocycles. The number of allylic oxidation sites excluding steroid dienone is 1. The molecule has 2 aromatic rings. The number of nitrogens with two attached hydrogens (primary N) is 1. The van der Waals surface area contributed by atoms with E-state index in [1.165, 1.54) is 0 Å². The lowest BCUT2D eigenvalue weighted by atomic mass is 9.82. The number of esters is 1. The highest BCUT2D eigenvalue weighted by atomic mass is 35.5. The van der Waals surface area contributed by atoms with Gasteiger partial charge >= 0.3 is 5.97 Å². The molecule has 0 spiro atoms. The van der Waals surface area contributed by atoms with Crippen molar-refractivity contribution in [1.82, 2.24) is 0 Å². The first-order valence-electron chi connectivity index (χ1n) is 8.37. The standard InChI is InChI=1S/C21H17ClN2O3/c1-2-26-21(25)18-17(14-10-6-7-11-16(14)22)15(12-23)20(24)27-19(18)13-8-4-3-5-9-13/h3-11,17H,2,24H2,1H3. The topological polar surface area (TPSA) is 85.3 Å². The van der Waals surface area contributed by atoms with Gasteiger partial charge in [0.25, 0.3) is 0 Å².